The molecular formula is C18H22ClN3S. The average molecular weight is 348 g/mol. The molecular weight excluding hydrogens is 326 g/mol. The minimum Gasteiger partial charge on any atom is -0.303 e. The summed E-state index contributed by atoms with van der Waals surface area (Å²) in [6.45, 7) is 8.47. The molecule has 1 aliphatic heterocycles. The van der Waals surface area contributed by atoms with E-state index in [4.69, 9.17) is 11.6 Å². The Morgan fingerprint density at radius 3 is 2.57 bits per heavy atom. The minimum absolute atomic E-state index is 0.763. The van der Waals surface area contributed by atoms with E-state index in [1.807, 2.05) is 12.1 Å². The predicted molar refractivity (Wildman–Crippen MR) is 99.9 cm³/mol. The first-order chi connectivity index (χ1) is 11.2. The number of nitrogens with one attached hydrogen (secondary N) is 1. The summed E-state index contributed by atoms with van der Waals surface area (Å²) in [7, 11) is 0. The molecule has 0 bridgehead atoms. The van der Waals surface area contributed by atoms with Crippen LogP contribution in [0, 0.1) is 0 Å². The Kier molecular flexibility index (Phi) is 5.49. The Hall–Kier alpha value is -1.20. The normalized spacial score (nSPS) is 13.1. The molecule has 0 unspecified atom stereocenters. The highest BCUT2D eigenvalue weighted by Gasteiger charge is 2.23. The zero-order valence-electron chi connectivity index (χ0n) is 13.6. The molecule has 0 saturated heterocycles. The highest BCUT2D eigenvalue weighted by molar-refractivity contribution is 7.99. The number of rotatable bonds is 6. The summed E-state index contributed by atoms with van der Waals surface area (Å²) in [5.74, 6) is 0. The maximum atomic E-state index is 6.23. The summed E-state index contributed by atoms with van der Waals surface area (Å²) >= 11 is 8.02. The fourth-order valence-corrected chi connectivity index (χ4v) is 3.96. The standard InChI is InChI=1S/C18H22ClN3S/c1-3-21(4-2)12-11-20-22-15-7-5-6-8-17(15)23-18-10-9-14(19)13-16(18)22/h5-10,13,20H,3-4,11-12H2,1-2H3. The summed E-state index contributed by atoms with van der Waals surface area (Å²) in [5.41, 5.74) is 5.89. The molecule has 0 aromatic heterocycles. The van der Waals surface area contributed by atoms with Gasteiger partial charge in [-0.25, -0.2) is 5.43 Å². The van der Waals surface area contributed by atoms with Crippen molar-refractivity contribution in [3.05, 3.63) is 47.5 Å². The molecule has 122 valence electrons. The number of benzene rings is 2. The molecule has 0 amide bonds. The van der Waals surface area contributed by atoms with Crippen LogP contribution in [0.4, 0.5) is 11.4 Å². The molecule has 2 aromatic carbocycles. The maximum absolute atomic E-state index is 6.23. The lowest BCUT2D eigenvalue weighted by Crippen LogP contribution is -2.41. The number of hydrogen-bond acceptors (Lipinski definition) is 4. The third kappa shape index (κ3) is 3.66. The summed E-state index contributed by atoms with van der Waals surface area (Å²) in [5, 5.41) is 2.94. The van der Waals surface area contributed by atoms with Gasteiger partial charge in [0, 0.05) is 27.9 Å². The van der Waals surface area contributed by atoms with Crippen molar-refractivity contribution in [2.45, 2.75) is 23.6 Å². The quantitative estimate of drug-likeness (QED) is 0.809. The second-order valence-corrected chi connectivity index (χ2v) is 6.97. The number of para-hydroxylation sites is 1. The van der Waals surface area contributed by atoms with E-state index < -0.39 is 0 Å². The van der Waals surface area contributed by atoms with Crippen LogP contribution in [0.2, 0.25) is 5.02 Å². The molecule has 1 heterocycles. The molecule has 2 aromatic rings. The molecule has 0 atom stereocenters. The minimum atomic E-state index is 0.763. The summed E-state index contributed by atoms with van der Waals surface area (Å²) in [6.07, 6.45) is 0. The van der Waals surface area contributed by atoms with Crippen LogP contribution in [-0.4, -0.2) is 31.1 Å². The number of anilines is 2. The fourth-order valence-electron chi connectivity index (χ4n) is 2.76. The van der Waals surface area contributed by atoms with Crippen molar-refractivity contribution in [3.63, 3.8) is 0 Å². The van der Waals surface area contributed by atoms with Gasteiger partial charge in [-0.2, -0.15) is 0 Å². The largest absolute Gasteiger partial charge is 0.303 e. The molecule has 1 N–H and O–H groups in total. The van der Waals surface area contributed by atoms with Gasteiger partial charge in [-0.15, -0.1) is 0 Å². The van der Waals surface area contributed by atoms with Crippen molar-refractivity contribution in [2.75, 3.05) is 31.2 Å². The van der Waals surface area contributed by atoms with E-state index in [2.05, 4.69) is 59.5 Å². The number of fused-ring (bicyclic) bond motifs is 2. The summed E-state index contributed by atoms with van der Waals surface area (Å²) in [4.78, 5) is 4.90. The van der Waals surface area contributed by atoms with Crippen molar-refractivity contribution in [1.29, 1.82) is 0 Å². The van der Waals surface area contributed by atoms with Crippen LogP contribution in [0.15, 0.2) is 52.3 Å². The number of hydrazine groups is 1. The molecule has 23 heavy (non-hydrogen) atoms. The van der Waals surface area contributed by atoms with Crippen molar-refractivity contribution in [3.8, 4) is 0 Å². The van der Waals surface area contributed by atoms with Crippen LogP contribution in [-0.2, 0) is 0 Å². The predicted octanol–water partition coefficient (Wildman–Crippen LogP) is 4.79. The van der Waals surface area contributed by atoms with Gasteiger partial charge in [0.05, 0.1) is 11.4 Å². The summed E-state index contributed by atoms with van der Waals surface area (Å²) in [6, 6.07) is 14.6. The molecule has 0 spiro atoms. The second-order valence-electron chi connectivity index (χ2n) is 5.45. The topological polar surface area (TPSA) is 18.5 Å². The lowest BCUT2D eigenvalue weighted by atomic mass is 10.2. The van der Waals surface area contributed by atoms with E-state index in [1.165, 1.54) is 15.5 Å². The molecule has 3 nitrogen and oxygen atoms in total. The van der Waals surface area contributed by atoms with E-state index >= 15 is 0 Å². The first-order valence-corrected chi connectivity index (χ1v) is 9.24. The van der Waals surface area contributed by atoms with E-state index in [0.717, 1.165) is 36.9 Å². The number of halogens is 1. The van der Waals surface area contributed by atoms with Crippen molar-refractivity contribution in [1.82, 2.24) is 10.3 Å². The average Bonchev–Trinajstić information content (AvgIpc) is 2.58. The van der Waals surface area contributed by atoms with Crippen LogP contribution in [0.5, 0.6) is 0 Å². The molecule has 5 heteroatoms. The van der Waals surface area contributed by atoms with Crippen molar-refractivity contribution < 1.29 is 0 Å². The Morgan fingerprint density at radius 2 is 1.78 bits per heavy atom. The van der Waals surface area contributed by atoms with Gasteiger partial charge in [-0.3, -0.25) is 5.01 Å². The van der Waals surface area contributed by atoms with Gasteiger partial charge in [0.15, 0.2) is 0 Å². The Labute approximate surface area is 147 Å². The van der Waals surface area contributed by atoms with Crippen molar-refractivity contribution in [2.24, 2.45) is 0 Å². The molecule has 0 saturated carbocycles. The van der Waals surface area contributed by atoms with Crippen LogP contribution < -0.4 is 10.4 Å². The van der Waals surface area contributed by atoms with Gasteiger partial charge in [0.1, 0.15) is 0 Å². The van der Waals surface area contributed by atoms with Gasteiger partial charge in [-0.1, -0.05) is 49.3 Å². The molecule has 3 rings (SSSR count). The van der Waals surface area contributed by atoms with E-state index in [-0.39, 0.29) is 0 Å². The first kappa shape index (κ1) is 16.7. The highest BCUT2D eigenvalue weighted by atomic mass is 35.5. The second kappa shape index (κ2) is 7.58. The Morgan fingerprint density at radius 1 is 1.04 bits per heavy atom. The molecule has 0 aliphatic carbocycles. The lowest BCUT2D eigenvalue weighted by Gasteiger charge is -2.33. The Bertz CT molecular complexity index is 673. The SMILES string of the molecule is CCN(CC)CCNN1c2ccccc2Sc2ccc(Cl)cc21. The van der Waals surface area contributed by atoms with Gasteiger partial charge in [0.25, 0.3) is 0 Å². The van der Waals surface area contributed by atoms with Crippen molar-refractivity contribution >= 4 is 34.7 Å². The van der Waals surface area contributed by atoms with Crippen LogP contribution in [0.1, 0.15) is 13.8 Å². The molecule has 1 aliphatic rings. The zero-order valence-corrected chi connectivity index (χ0v) is 15.1. The maximum Gasteiger partial charge on any atom is 0.0732 e. The highest BCUT2D eigenvalue weighted by Crippen LogP contribution is 2.47. The fraction of sp³-hybridized carbons (Fsp3) is 0.333. The molecule has 0 radical (unpaired) electrons. The van der Waals surface area contributed by atoms with E-state index in [9.17, 15) is 0 Å². The summed E-state index contributed by atoms with van der Waals surface area (Å²) < 4.78 is 0. The molecule has 0 fully saturated rings. The van der Waals surface area contributed by atoms with E-state index in [1.54, 1.807) is 11.8 Å². The lowest BCUT2D eigenvalue weighted by molar-refractivity contribution is 0.302. The van der Waals surface area contributed by atoms with Crippen LogP contribution in [0.3, 0.4) is 0 Å². The van der Waals surface area contributed by atoms with Gasteiger partial charge in [-0.05, 0) is 43.4 Å². The smallest absolute Gasteiger partial charge is 0.0732 e. The third-order valence-electron chi connectivity index (χ3n) is 4.08. The van der Waals surface area contributed by atoms with Crippen LogP contribution >= 0.6 is 23.4 Å². The number of nitrogens with zero attached hydrogens (tertiary/aromatic N) is 2. The Balaban J connectivity index is 1.85. The van der Waals surface area contributed by atoms with Gasteiger partial charge in [0.2, 0.25) is 0 Å². The zero-order chi connectivity index (χ0) is 16.2. The third-order valence-corrected chi connectivity index (χ3v) is 5.45. The first-order valence-electron chi connectivity index (χ1n) is 8.05. The van der Waals surface area contributed by atoms with Crippen LogP contribution in [0.25, 0.3) is 0 Å². The monoisotopic (exact) mass is 347 g/mol. The van der Waals surface area contributed by atoms with Gasteiger partial charge >= 0.3 is 0 Å². The number of likely N-dealkylation sites (N-methyl/N-ethyl adjacent to an activating group) is 1. The number of hydrogen-bond donors (Lipinski definition) is 1. The van der Waals surface area contributed by atoms with Gasteiger partial charge < -0.3 is 4.90 Å². The van der Waals surface area contributed by atoms with E-state index in [0.29, 0.717) is 0 Å².